The van der Waals surface area contributed by atoms with E-state index < -0.39 is 0 Å². The molecule has 160 valence electrons. The first-order valence-corrected chi connectivity index (χ1v) is 10.4. The summed E-state index contributed by atoms with van der Waals surface area (Å²) in [5, 5.41) is 6.09. The fraction of sp³-hybridized carbons (Fsp3) is 0.435. The van der Waals surface area contributed by atoms with Gasteiger partial charge in [-0.05, 0) is 60.6 Å². The molecule has 0 atom stereocenters. The van der Waals surface area contributed by atoms with Crippen molar-refractivity contribution in [2.45, 2.75) is 39.2 Å². The van der Waals surface area contributed by atoms with Crippen LogP contribution < -0.4 is 29.6 Å². The summed E-state index contributed by atoms with van der Waals surface area (Å²) in [4.78, 5) is 12.5. The van der Waals surface area contributed by atoms with Crippen molar-refractivity contribution in [1.29, 1.82) is 0 Å². The molecule has 0 aliphatic carbocycles. The van der Waals surface area contributed by atoms with E-state index in [2.05, 4.69) is 24.5 Å². The molecule has 2 aliphatic heterocycles. The van der Waals surface area contributed by atoms with Crippen LogP contribution in [0.4, 0.5) is 4.79 Å². The van der Waals surface area contributed by atoms with Crippen molar-refractivity contribution in [1.82, 2.24) is 10.6 Å². The third kappa shape index (κ3) is 5.09. The molecule has 0 spiro atoms. The van der Waals surface area contributed by atoms with Gasteiger partial charge in [0, 0.05) is 12.6 Å². The summed E-state index contributed by atoms with van der Waals surface area (Å²) in [6.45, 7) is 5.43. The van der Waals surface area contributed by atoms with Gasteiger partial charge in [0.15, 0.2) is 23.0 Å². The second-order valence-electron chi connectivity index (χ2n) is 8.06. The second kappa shape index (κ2) is 9.15. The van der Waals surface area contributed by atoms with Crippen LogP contribution >= 0.6 is 0 Å². The molecule has 2 aliphatic rings. The first kappa shape index (κ1) is 20.2. The Kier molecular flexibility index (Phi) is 6.16. The number of hydrogen-bond acceptors (Lipinski definition) is 5. The van der Waals surface area contributed by atoms with Gasteiger partial charge >= 0.3 is 6.03 Å². The topological polar surface area (TPSA) is 78.1 Å². The highest BCUT2D eigenvalue weighted by molar-refractivity contribution is 5.74. The average Bonchev–Trinajstić information content (AvgIpc) is 3.35. The van der Waals surface area contributed by atoms with Gasteiger partial charge in [-0.15, -0.1) is 0 Å². The van der Waals surface area contributed by atoms with Crippen LogP contribution in [0.5, 0.6) is 23.0 Å². The Hall–Kier alpha value is -3.09. The Morgan fingerprint density at radius 2 is 1.40 bits per heavy atom. The van der Waals surface area contributed by atoms with E-state index in [1.54, 1.807) is 0 Å². The smallest absolute Gasteiger partial charge is 0.315 e. The largest absolute Gasteiger partial charge is 0.454 e. The third-order valence-corrected chi connectivity index (χ3v) is 5.18. The Morgan fingerprint density at radius 3 is 1.93 bits per heavy atom. The van der Waals surface area contributed by atoms with Gasteiger partial charge < -0.3 is 29.6 Å². The number of ether oxygens (including phenoxy) is 4. The minimum atomic E-state index is -0.151. The van der Waals surface area contributed by atoms with E-state index in [0.29, 0.717) is 25.3 Å². The summed E-state index contributed by atoms with van der Waals surface area (Å²) in [6, 6.07) is 11.6. The molecule has 2 aromatic rings. The molecule has 0 unspecified atom stereocenters. The first-order valence-electron chi connectivity index (χ1n) is 10.4. The molecule has 0 fully saturated rings. The van der Waals surface area contributed by atoms with Gasteiger partial charge in [0.25, 0.3) is 0 Å². The van der Waals surface area contributed by atoms with Crippen LogP contribution in [0.3, 0.4) is 0 Å². The normalized spacial score (nSPS) is 13.7. The molecule has 7 heteroatoms. The van der Waals surface area contributed by atoms with Crippen molar-refractivity contribution in [3.05, 3.63) is 47.5 Å². The van der Waals surface area contributed by atoms with Crippen molar-refractivity contribution in [2.75, 3.05) is 20.1 Å². The molecule has 2 heterocycles. The minimum Gasteiger partial charge on any atom is -0.454 e. The van der Waals surface area contributed by atoms with E-state index in [9.17, 15) is 4.79 Å². The van der Waals surface area contributed by atoms with Crippen LogP contribution in [-0.2, 0) is 12.8 Å². The van der Waals surface area contributed by atoms with E-state index >= 15 is 0 Å². The number of carbonyl (C=O) groups excluding carboxylic acids is 1. The highest BCUT2D eigenvalue weighted by Crippen LogP contribution is 2.34. The van der Waals surface area contributed by atoms with E-state index in [0.717, 1.165) is 40.5 Å². The van der Waals surface area contributed by atoms with Gasteiger partial charge in [0.05, 0.1) is 0 Å². The van der Waals surface area contributed by atoms with Crippen LogP contribution in [0, 0.1) is 5.92 Å². The molecule has 2 amide bonds. The van der Waals surface area contributed by atoms with Crippen LogP contribution in [-0.4, -0.2) is 32.2 Å². The van der Waals surface area contributed by atoms with Gasteiger partial charge in [0.1, 0.15) is 0 Å². The average molecular weight is 412 g/mol. The molecule has 0 saturated carbocycles. The summed E-state index contributed by atoms with van der Waals surface area (Å²) in [5.41, 5.74) is 2.15. The standard InChI is InChI=1S/C23H28N2O5/c1-15(2)7-8-24-23(26)25-18(9-16-3-5-19-21(11-16)29-13-27-19)10-17-4-6-20-22(12-17)30-14-28-20/h3-6,11-12,15,18H,7-10,13-14H2,1-2H3,(H2,24,25,26). The molecule has 7 nitrogen and oxygen atoms in total. The highest BCUT2D eigenvalue weighted by Gasteiger charge is 2.19. The molecule has 2 aromatic carbocycles. The van der Waals surface area contributed by atoms with E-state index in [-0.39, 0.29) is 25.7 Å². The molecule has 4 rings (SSSR count). The highest BCUT2D eigenvalue weighted by atomic mass is 16.7. The molecule has 30 heavy (non-hydrogen) atoms. The zero-order valence-electron chi connectivity index (χ0n) is 17.4. The maximum Gasteiger partial charge on any atom is 0.315 e. The predicted molar refractivity (Wildman–Crippen MR) is 112 cm³/mol. The number of urea groups is 1. The molecule has 0 aromatic heterocycles. The number of fused-ring (bicyclic) bond motifs is 2. The number of carbonyl (C=O) groups is 1. The Bertz CT molecular complexity index is 840. The summed E-state index contributed by atoms with van der Waals surface area (Å²) in [5.74, 6) is 3.55. The van der Waals surface area contributed by atoms with E-state index in [1.807, 2.05) is 36.4 Å². The van der Waals surface area contributed by atoms with E-state index in [1.165, 1.54) is 0 Å². The summed E-state index contributed by atoms with van der Waals surface area (Å²) >= 11 is 0. The second-order valence-corrected chi connectivity index (χ2v) is 8.06. The van der Waals surface area contributed by atoms with Crippen molar-refractivity contribution < 1.29 is 23.7 Å². The van der Waals surface area contributed by atoms with Crippen LogP contribution in [0.25, 0.3) is 0 Å². The zero-order valence-corrected chi connectivity index (χ0v) is 17.4. The third-order valence-electron chi connectivity index (χ3n) is 5.18. The summed E-state index contributed by atoms with van der Waals surface area (Å²) < 4.78 is 21.8. The first-order chi connectivity index (χ1) is 14.6. The van der Waals surface area contributed by atoms with Gasteiger partial charge in [-0.25, -0.2) is 4.79 Å². The number of amides is 2. The fourth-order valence-electron chi connectivity index (χ4n) is 3.59. The lowest BCUT2D eigenvalue weighted by atomic mass is 9.98. The number of nitrogens with one attached hydrogen (secondary N) is 2. The molecule has 0 radical (unpaired) electrons. The number of hydrogen-bond donors (Lipinski definition) is 2. The molecule has 0 bridgehead atoms. The Labute approximate surface area is 176 Å². The summed E-state index contributed by atoms with van der Waals surface area (Å²) in [6.07, 6.45) is 2.29. The Balaban J connectivity index is 1.45. The number of rotatable bonds is 8. The van der Waals surface area contributed by atoms with Crippen molar-refractivity contribution in [2.24, 2.45) is 5.92 Å². The van der Waals surface area contributed by atoms with Gasteiger partial charge in [-0.1, -0.05) is 26.0 Å². The van der Waals surface area contributed by atoms with Gasteiger partial charge in [-0.2, -0.15) is 0 Å². The fourth-order valence-corrected chi connectivity index (χ4v) is 3.59. The van der Waals surface area contributed by atoms with Crippen LogP contribution in [0.1, 0.15) is 31.4 Å². The maximum atomic E-state index is 12.5. The van der Waals surface area contributed by atoms with Gasteiger partial charge in [-0.3, -0.25) is 0 Å². The molecular formula is C23H28N2O5. The maximum absolute atomic E-state index is 12.5. The molecule has 0 saturated heterocycles. The molecular weight excluding hydrogens is 384 g/mol. The predicted octanol–water partition coefficient (Wildman–Crippen LogP) is 3.64. The lowest BCUT2D eigenvalue weighted by Gasteiger charge is -2.20. The Morgan fingerprint density at radius 1 is 0.867 bits per heavy atom. The van der Waals surface area contributed by atoms with Crippen LogP contribution in [0.2, 0.25) is 0 Å². The number of benzene rings is 2. The quantitative estimate of drug-likeness (QED) is 0.692. The van der Waals surface area contributed by atoms with Crippen molar-refractivity contribution in [3.8, 4) is 23.0 Å². The molecule has 2 N–H and O–H groups in total. The monoisotopic (exact) mass is 412 g/mol. The van der Waals surface area contributed by atoms with Gasteiger partial charge in [0.2, 0.25) is 13.6 Å². The van der Waals surface area contributed by atoms with E-state index in [4.69, 9.17) is 18.9 Å². The van der Waals surface area contributed by atoms with Crippen molar-refractivity contribution >= 4 is 6.03 Å². The lowest BCUT2D eigenvalue weighted by molar-refractivity contribution is 0.173. The minimum absolute atomic E-state index is 0.0928. The lowest BCUT2D eigenvalue weighted by Crippen LogP contribution is -2.44. The SMILES string of the molecule is CC(C)CCNC(=O)NC(Cc1ccc2c(c1)OCO2)Cc1ccc2c(c1)OCO2. The van der Waals surface area contributed by atoms with Crippen molar-refractivity contribution in [3.63, 3.8) is 0 Å². The summed E-state index contributed by atoms with van der Waals surface area (Å²) in [7, 11) is 0. The van der Waals surface area contributed by atoms with Crippen LogP contribution in [0.15, 0.2) is 36.4 Å². The zero-order chi connectivity index (χ0) is 20.9.